The Kier molecular flexibility index (Phi) is 3.87. The Labute approximate surface area is 150 Å². The van der Waals surface area contributed by atoms with Crippen LogP contribution in [0.15, 0.2) is 17.8 Å². The summed E-state index contributed by atoms with van der Waals surface area (Å²) in [6.07, 6.45) is 6.16. The summed E-state index contributed by atoms with van der Waals surface area (Å²) in [6.45, 7) is 3.45. The van der Waals surface area contributed by atoms with Crippen LogP contribution in [0.2, 0.25) is 0 Å². The van der Waals surface area contributed by atoms with Gasteiger partial charge in [0.15, 0.2) is 0 Å². The monoisotopic (exact) mass is 359 g/mol. The van der Waals surface area contributed by atoms with E-state index < -0.39 is 0 Å². The van der Waals surface area contributed by atoms with Crippen molar-refractivity contribution in [3.05, 3.63) is 34.0 Å². The van der Waals surface area contributed by atoms with Crippen molar-refractivity contribution in [2.45, 2.75) is 32.2 Å². The molecule has 2 aromatic heterocycles. The molecule has 1 saturated heterocycles. The highest BCUT2D eigenvalue weighted by molar-refractivity contribution is 7.09. The molecule has 8 heteroatoms. The van der Waals surface area contributed by atoms with Gasteiger partial charge in [0.2, 0.25) is 0 Å². The Balaban J connectivity index is 1.31. The number of carbonyl (C=O) groups is 2. The highest BCUT2D eigenvalue weighted by atomic mass is 32.1. The third kappa shape index (κ3) is 3.06. The molecule has 0 unspecified atom stereocenters. The first-order valence-corrected chi connectivity index (χ1v) is 9.33. The van der Waals surface area contributed by atoms with Crippen LogP contribution in [0.25, 0.3) is 0 Å². The summed E-state index contributed by atoms with van der Waals surface area (Å²) in [5.41, 5.74) is 1.30. The molecule has 2 aromatic rings. The molecule has 3 heterocycles. The fourth-order valence-corrected chi connectivity index (χ4v) is 4.55. The van der Waals surface area contributed by atoms with Crippen molar-refractivity contribution in [1.82, 2.24) is 25.0 Å². The fraction of sp³-hybridized carbons (Fsp3) is 0.529. The number of hydrogen-bond acceptors (Lipinski definition) is 5. The summed E-state index contributed by atoms with van der Waals surface area (Å²) < 4.78 is 1.62. The minimum absolute atomic E-state index is 0.0315. The van der Waals surface area contributed by atoms with Crippen molar-refractivity contribution in [2.24, 2.45) is 12.5 Å². The lowest BCUT2D eigenvalue weighted by Gasteiger charge is -2.45. The van der Waals surface area contributed by atoms with Crippen LogP contribution in [-0.4, -0.2) is 50.6 Å². The fourth-order valence-electron chi connectivity index (χ4n) is 3.96. The first-order chi connectivity index (χ1) is 11.9. The van der Waals surface area contributed by atoms with Gasteiger partial charge in [-0.3, -0.25) is 14.3 Å². The maximum Gasteiger partial charge on any atom is 0.273 e. The highest BCUT2D eigenvalue weighted by Crippen LogP contribution is 2.48. The number of aromatic nitrogens is 3. The minimum Gasteiger partial charge on any atom is -0.349 e. The summed E-state index contributed by atoms with van der Waals surface area (Å²) in [4.78, 5) is 30.9. The van der Waals surface area contributed by atoms with E-state index >= 15 is 0 Å². The SMILES string of the molecule is Cc1nc(C(=O)N2CCC3(CC(NC(=O)c4cnn(C)c4)C3)C2)cs1. The molecule has 1 aliphatic carbocycles. The van der Waals surface area contributed by atoms with Crippen LogP contribution in [0.5, 0.6) is 0 Å². The number of amides is 2. The predicted molar refractivity (Wildman–Crippen MR) is 93.5 cm³/mol. The smallest absolute Gasteiger partial charge is 0.273 e. The van der Waals surface area contributed by atoms with Crippen LogP contribution >= 0.6 is 11.3 Å². The van der Waals surface area contributed by atoms with Gasteiger partial charge in [0, 0.05) is 37.8 Å². The van der Waals surface area contributed by atoms with E-state index in [1.165, 1.54) is 11.3 Å². The van der Waals surface area contributed by atoms with Crippen LogP contribution in [0.3, 0.4) is 0 Å². The molecule has 7 nitrogen and oxygen atoms in total. The topological polar surface area (TPSA) is 80.1 Å². The molecule has 132 valence electrons. The van der Waals surface area contributed by atoms with E-state index in [1.807, 2.05) is 17.2 Å². The second-order valence-electron chi connectivity index (χ2n) is 7.21. The van der Waals surface area contributed by atoms with Crippen LogP contribution in [0, 0.1) is 12.3 Å². The predicted octanol–water partition coefficient (Wildman–Crippen LogP) is 1.61. The van der Waals surface area contributed by atoms with Gasteiger partial charge in [-0.25, -0.2) is 4.98 Å². The summed E-state index contributed by atoms with van der Waals surface area (Å²) in [6, 6.07) is 0.185. The van der Waals surface area contributed by atoms with Crippen molar-refractivity contribution in [3.8, 4) is 0 Å². The molecule has 0 atom stereocenters. The molecule has 2 fully saturated rings. The molecule has 1 spiro atoms. The van der Waals surface area contributed by atoms with E-state index in [0.717, 1.165) is 37.4 Å². The van der Waals surface area contributed by atoms with Gasteiger partial charge in [0.05, 0.1) is 16.8 Å². The zero-order valence-electron chi connectivity index (χ0n) is 14.4. The van der Waals surface area contributed by atoms with Gasteiger partial charge in [-0.2, -0.15) is 5.10 Å². The summed E-state index contributed by atoms with van der Waals surface area (Å²) in [7, 11) is 1.79. The normalized spacial score (nSPS) is 25.2. The van der Waals surface area contributed by atoms with Crippen LogP contribution in [0.1, 0.15) is 45.1 Å². The lowest BCUT2D eigenvalue weighted by Crippen LogP contribution is -2.52. The molecule has 2 amide bonds. The molecular weight excluding hydrogens is 338 g/mol. The average Bonchev–Trinajstić information content (AvgIpc) is 3.25. The summed E-state index contributed by atoms with van der Waals surface area (Å²) in [5.74, 6) is -0.0408. The first-order valence-electron chi connectivity index (χ1n) is 8.45. The molecule has 2 aliphatic rings. The van der Waals surface area contributed by atoms with Crippen molar-refractivity contribution in [1.29, 1.82) is 0 Å². The van der Waals surface area contributed by atoms with Gasteiger partial charge in [-0.05, 0) is 31.6 Å². The Morgan fingerprint density at radius 3 is 2.84 bits per heavy atom. The van der Waals surface area contributed by atoms with Gasteiger partial charge >= 0.3 is 0 Å². The third-order valence-electron chi connectivity index (χ3n) is 5.22. The van der Waals surface area contributed by atoms with E-state index in [-0.39, 0.29) is 23.3 Å². The van der Waals surface area contributed by atoms with Gasteiger partial charge in [-0.1, -0.05) is 0 Å². The van der Waals surface area contributed by atoms with Crippen molar-refractivity contribution < 1.29 is 9.59 Å². The average molecular weight is 359 g/mol. The van der Waals surface area contributed by atoms with Crippen LogP contribution in [-0.2, 0) is 7.05 Å². The maximum atomic E-state index is 12.5. The number of carbonyl (C=O) groups excluding carboxylic acids is 2. The molecule has 25 heavy (non-hydrogen) atoms. The Bertz CT molecular complexity index is 821. The number of nitrogens with zero attached hydrogens (tertiary/aromatic N) is 4. The number of nitrogens with one attached hydrogen (secondary N) is 1. The molecule has 4 rings (SSSR count). The van der Waals surface area contributed by atoms with Gasteiger partial charge in [-0.15, -0.1) is 11.3 Å². The van der Waals surface area contributed by atoms with Gasteiger partial charge in [0.1, 0.15) is 5.69 Å². The third-order valence-corrected chi connectivity index (χ3v) is 6.00. The second-order valence-corrected chi connectivity index (χ2v) is 8.27. The maximum absolute atomic E-state index is 12.5. The number of thiazole rings is 1. The van der Waals surface area contributed by atoms with Crippen LogP contribution in [0.4, 0.5) is 0 Å². The van der Waals surface area contributed by atoms with Crippen molar-refractivity contribution >= 4 is 23.2 Å². The second kappa shape index (κ2) is 5.94. The summed E-state index contributed by atoms with van der Waals surface area (Å²) in [5, 5.41) is 9.85. The summed E-state index contributed by atoms with van der Waals surface area (Å²) >= 11 is 1.51. The van der Waals surface area contributed by atoms with E-state index in [4.69, 9.17) is 0 Å². The van der Waals surface area contributed by atoms with Gasteiger partial charge in [0.25, 0.3) is 11.8 Å². The molecule has 0 bridgehead atoms. The zero-order chi connectivity index (χ0) is 17.6. The van der Waals surface area contributed by atoms with Crippen molar-refractivity contribution in [2.75, 3.05) is 13.1 Å². The van der Waals surface area contributed by atoms with E-state index in [0.29, 0.717) is 11.3 Å². The quantitative estimate of drug-likeness (QED) is 0.903. The van der Waals surface area contributed by atoms with Gasteiger partial charge < -0.3 is 10.2 Å². The number of rotatable bonds is 3. The van der Waals surface area contributed by atoms with Crippen molar-refractivity contribution in [3.63, 3.8) is 0 Å². The first kappa shape index (κ1) is 16.3. The Morgan fingerprint density at radius 2 is 2.20 bits per heavy atom. The highest BCUT2D eigenvalue weighted by Gasteiger charge is 2.50. The van der Waals surface area contributed by atoms with E-state index in [2.05, 4.69) is 15.4 Å². The standard InChI is InChI=1S/C17H21N5O2S/c1-11-19-14(9-25-11)16(24)22-4-3-17(10-22)5-13(6-17)20-15(23)12-7-18-21(2)8-12/h7-9,13H,3-6,10H2,1-2H3,(H,20,23). The molecule has 0 aromatic carbocycles. The Morgan fingerprint density at radius 1 is 1.40 bits per heavy atom. The molecular formula is C17H21N5O2S. The Hall–Kier alpha value is -2.22. The molecule has 1 aliphatic heterocycles. The number of aryl methyl sites for hydroxylation is 2. The van der Waals surface area contributed by atoms with Crippen LogP contribution < -0.4 is 5.32 Å². The zero-order valence-corrected chi connectivity index (χ0v) is 15.2. The lowest BCUT2D eigenvalue weighted by atomic mass is 9.65. The molecule has 0 radical (unpaired) electrons. The molecule has 1 saturated carbocycles. The lowest BCUT2D eigenvalue weighted by molar-refractivity contribution is 0.0607. The minimum atomic E-state index is -0.0724. The van der Waals surface area contributed by atoms with E-state index in [1.54, 1.807) is 24.1 Å². The molecule has 1 N–H and O–H groups in total. The number of hydrogen-bond donors (Lipinski definition) is 1. The largest absolute Gasteiger partial charge is 0.349 e. The number of likely N-dealkylation sites (tertiary alicyclic amines) is 1. The van der Waals surface area contributed by atoms with E-state index in [9.17, 15) is 9.59 Å².